The smallest absolute Gasteiger partial charge is 0.130 e. The number of morpholine rings is 1. The minimum Gasteiger partial charge on any atom is -0.507 e. The van der Waals surface area contributed by atoms with Crippen molar-refractivity contribution in [1.82, 2.24) is 4.90 Å². The first-order valence-corrected chi connectivity index (χ1v) is 9.51. The van der Waals surface area contributed by atoms with Crippen molar-refractivity contribution < 1.29 is 14.9 Å². The second-order valence-corrected chi connectivity index (χ2v) is 7.01. The van der Waals surface area contributed by atoms with Gasteiger partial charge in [0.25, 0.3) is 0 Å². The number of phenols is 2. The van der Waals surface area contributed by atoms with Crippen molar-refractivity contribution in [3.05, 3.63) is 71.3 Å². The monoisotopic (exact) mass is 373 g/mol. The van der Waals surface area contributed by atoms with Gasteiger partial charge in [0.2, 0.25) is 0 Å². The Balaban J connectivity index is 1.61. The predicted molar refractivity (Wildman–Crippen MR) is 111 cm³/mol. The molecule has 0 amide bonds. The third kappa shape index (κ3) is 4.12. The van der Waals surface area contributed by atoms with Crippen molar-refractivity contribution in [1.29, 1.82) is 0 Å². The zero-order valence-corrected chi connectivity index (χ0v) is 15.7. The fourth-order valence-corrected chi connectivity index (χ4v) is 3.47. The van der Waals surface area contributed by atoms with Gasteiger partial charge in [0, 0.05) is 36.0 Å². The van der Waals surface area contributed by atoms with E-state index in [9.17, 15) is 10.2 Å². The molecule has 0 unspecified atom stereocenters. The highest BCUT2D eigenvalue weighted by atomic mass is 16.5. The molecule has 0 aromatic heterocycles. The van der Waals surface area contributed by atoms with Crippen LogP contribution in [-0.4, -0.2) is 48.0 Å². The Morgan fingerprint density at radius 1 is 0.964 bits per heavy atom. The second-order valence-electron chi connectivity index (χ2n) is 7.01. The average Bonchev–Trinajstić information content (AvgIpc) is 2.73. The molecule has 3 aromatic carbocycles. The second kappa shape index (κ2) is 8.35. The predicted octanol–water partition coefficient (Wildman–Crippen LogP) is 3.53. The summed E-state index contributed by atoms with van der Waals surface area (Å²) in [7, 11) is 0. The van der Waals surface area contributed by atoms with Crippen molar-refractivity contribution >= 4 is 10.8 Å². The molecule has 1 aliphatic rings. The lowest BCUT2D eigenvalue weighted by atomic mass is 9.97. The maximum Gasteiger partial charge on any atom is 0.130 e. The fourth-order valence-electron chi connectivity index (χ4n) is 3.47. The maximum atomic E-state index is 10.8. The summed E-state index contributed by atoms with van der Waals surface area (Å²) < 4.78 is 5.35. The number of nitrogens with zero attached hydrogens (tertiary/aromatic N) is 1. The molecule has 1 fully saturated rings. The van der Waals surface area contributed by atoms with E-state index in [1.165, 1.54) is 0 Å². The summed E-state index contributed by atoms with van der Waals surface area (Å²) in [6, 6.07) is 17.2. The summed E-state index contributed by atoms with van der Waals surface area (Å²) in [6.45, 7) is 4.06. The van der Waals surface area contributed by atoms with Gasteiger partial charge in [0.15, 0.2) is 0 Å². The van der Waals surface area contributed by atoms with E-state index in [2.05, 4.69) is 16.7 Å². The number of aromatic hydroxyl groups is 2. The lowest BCUT2D eigenvalue weighted by molar-refractivity contribution is 0.0443. The highest BCUT2D eigenvalue weighted by Gasteiger charge is 2.13. The van der Waals surface area contributed by atoms with Gasteiger partial charge in [-0.25, -0.2) is 0 Å². The number of hydrogen-bond acceptors (Lipinski definition) is 4. The summed E-state index contributed by atoms with van der Waals surface area (Å²) >= 11 is 0. The summed E-state index contributed by atoms with van der Waals surface area (Å²) in [4.78, 5) is 2.27. The van der Waals surface area contributed by atoms with Crippen LogP contribution in [0.5, 0.6) is 11.5 Å². The topological polar surface area (TPSA) is 52.9 Å². The Labute approximate surface area is 165 Å². The van der Waals surface area contributed by atoms with Crippen LogP contribution >= 0.6 is 0 Å². The lowest BCUT2D eigenvalue weighted by Gasteiger charge is -2.24. The van der Waals surface area contributed by atoms with E-state index in [0.29, 0.717) is 23.9 Å². The number of ether oxygens (including phenoxy) is 1. The SMILES string of the molecule is Oc1cc2ccc(C#CCN3CCOCC3)cc2c(O)c1Cc1ccccc1. The van der Waals surface area contributed by atoms with Gasteiger partial charge in [0.05, 0.1) is 19.8 Å². The first-order chi connectivity index (χ1) is 13.7. The third-order valence-electron chi connectivity index (χ3n) is 5.06. The summed E-state index contributed by atoms with van der Waals surface area (Å²) in [5.41, 5.74) is 2.43. The Bertz CT molecular complexity index is 1030. The molecule has 0 atom stereocenters. The van der Waals surface area contributed by atoms with Gasteiger partial charge in [-0.3, -0.25) is 4.90 Å². The fraction of sp³-hybridized carbons (Fsp3) is 0.250. The van der Waals surface area contributed by atoms with Crippen LogP contribution in [0.15, 0.2) is 54.6 Å². The minimum absolute atomic E-state index is 0.111. The number of benzene rings is 3. The number of rotatable bonds is 3. The van der Waals surface area contributed by atoms with Crippen LogP contribution in [0.3, 0.4) is 0 Å². The minimum atomic E-state index is 0.111. The molecule has 1 saturated heterocycles. The molecule has 4 rings (SSSR count). The van der Waals surface area contributed by atoms with Crippen LogP contribution < -0.4 is 0 Å². The number of hydrogen-bond donors (Lipinski definition) is 2. The average molecular weight is 373 g/mol. The van der Waals surface area contributed by atoms with Crippen molar-refractivity contribution in [3.63, 3.8) is 0 Å². The van der Waals surface area contributed by atoms with E-state index >= 15 is 0 Å². The molecule has 0 aliphatic carbocycles. The molecule has 28 heavy (non-hydrogen) atoms. The van der Waals surface area contributed by atoms with Gasteiger partial charge in [-0.15, -0.1) is 0 Å². The molecule has 4 heteroatoms. The van der Waals surface area contributed by atoms with Crippen molar-refractivity contribution in [2.75, 3.05) is 32.8 Å². The lowest BCUT2D eigenvalue weighted by Crippen LogP contribution is -2.36. The largest absolute Gasteiger partial charge is 0.507 e. The summed E-state index contributed by atoms with van der Waals surface area (Å²) in [5, 5.41) is 22.7. The standard InChI is InChI=1S/C24H23NO3/c26-23-17-20-9-8-19(7-4-10-25-11-13-28-14-12-25)15-21(20)24(27)22(23)16-18-5-2-1-3-6-18/h1-3,5-6,8-9,15,17,26-27H,10-14,16H2. The molecule has 1 aliphatic heterocycles. The Kier molecular flexibility index (Phi) is 5.48. The van der Waals surface area contributed by atoms with Gasteiger partial charge < -0.3 is 14.9 Å². The first kappa shape index (κ1) is 18.4. The summed E-state index contributed by atoms with van der Waals surface area (Å²) in [6.07, 6.45) is 0.474. The first-order valence-electron chi connectivity index (χ1n) is 9.51. The number of phenolic OH excluding ortho intramolecular Hbond substituents is 2. The molecule has 0 bridgehead atoms. The van der Waals surface area contributed by atoms with Crippen molar-refractivity contribution in [3.8, 4) is 23.3 Å². The van der Waals surface area contributed by atoms with Gasteiger partial charge in [-0.2, -0.15) is 0 Å². The molecule has 0 spiro atoms. The number of fused-ring (bicyclic) bond motifs is 1. The van der Waals surface area contributed by atoms with Gasteiger partial charge in [-0.05, 0) is 29.1 Å². The highest BCUT2D eigenvalue weighted by Crippen LogP contribution is 2.37. The molecule has 142 valence electrons. The van der Waals surface area contributed by atoms with E-state index in [-0.39, 0.29) is 11.5 Å². The van der Waals surface area contributed by atoms with E-state index < -0.39 is 0 Å². The van der Waals surface area contributed by atoms with E-state index in [1.54, 1.807) is 6.07 Å². The Morgan fingerprint density at radius 3 is 2.54 bits per heavy atom. The molecule has 0 saturated carbocycles. The summed E-state index contributed by atoms with van der Waals surface area (Å²) in [5.74, 6) is 6.63. The molecule has 2 N–H and O–H groups in total. The quantitative estimate of drug-likeness (QED) is 0.690. The maximum absolute atomic E-state index is 10.8. The van der Waals surface area contributed by atoms with Crippen molar-refractivity contribution in [2.24, 2.45) is 0 Å². The third-order valence-corrected chi connectivity index (χ3v) is 5.06. The normalized spacial score (nSPS) is 14.6. The van der Waals surface area contributed by atoms with Gasteiger partial charge in [0.1, 0.15) is 11.5 Å². The van der Waals surface area contributed by atoms with Crippen molar-refractivity contribution in [2.45, 2.75) is 6.42 Å². The zero-order chi connectivity index (χ0) is 19.3. The van der Waals surface area contributed by atoms with Crippen LogP contribution in [0.2, 0.25) is 0 Å². The van der Waals surface area contributed by atoms with Gasteiger partial charge >= 0.3 is 0 Å². The molecular weight excluding hydrogens is 350 g/mol. The van der Waals surface area contributed by atoms with Crippen LogP contribution in [0.25, 0.3) is 10.8 Å². The van der Waals surface area contributed by atoms with E-state index in [4.69, 9.17) is 4.74 Å². The molecule has 1 heterocycles. The van der Waals surface area contributed by atoms with Crippen LogP contribution in [0.1, 0.15) is 16.7 Å². The molecule has 3 aromatic rings. The Hall–Kier alpha value is -3.00. The van der Waals surface area contributed by atoms with Crippen LogP contribution in [0.4, 0.5) is 0 Å². The van der Waals surface area contributed by atoms with Crippen LogP contribution in [-0.2, 0) is 11.2 Å². The molecular formula is C24H23NO3. The highest BCUT2D eigenvalue weighted by molar-refractivity contribution is 5.92. The van der Waals surface area contributed by atoms with Crippen LogP contribution in [0, 0.1) is 11.8 Å². The molecule has 0 radical (unpaired) electrons. The Morgan fingerprint density at radius 2 is 1.75 bits per heavy atom. The van der Waals surface area contributed by atoms with Gasteiger partial charge in [-0.1, -0.05) is 48.2 Å². The molecule has 4 nitrogen and oxygen atoms in total. The van der Waals surface area contributed by atoms with E-state index in [0.717, 1.165) is 42.8 Å². The zero-order valence-electron chi connectivity index (χ0n) is 15.7. The van der Waals surface area contributed by atoms with E-state index in [1.807, 2.05) is 48.5 Å².